The van der Waals surface area contributed by atoms with Crippen molar-refractivity contribution >= 4 is 28.2 Å². The van der Waals surface area contributed by atoms with Crippen molar-refractivity contribution in [1.29, 1.82) is 0 Å². The molecule has 0 spiro atoms. The summed E-state index contributed by atoms with van der Waals surface area (Å²) in [6.07, 6.45) is 1.25. The molecule has 0 unspecified atom stereocenters. The molecule has 0 atom stereocenters. The van der Waals surface area contributed by atoms with E-state index in [1.807, 2.05) is 0 Å². The van der Waals surface area contributed by atoms with E-state index in [1.165, 1.54) is 31.4 Å². The molecule has 1 aromatic rings. The second-order valence-electron chi connectivity index (χ2n) is 4.51. The van der Waals surface area contributed by atoms with E-state index >= 15 is 0 Å². The van der Waals surface area contributed by atoms with Crippen LogP contribution >= 0.6 is 12.4 Å². The Hall–Kier alpha value is -1.11. The van der Waals surface area contributed by atoms with Crippen LogP contribution in [-0.4, -0.2) is 39.8 Å². The Morgan fingerprint density at radius 2 is 1.75 bits per heavy atom. The summed E-state index contributed by atoms with van der Waals surface area (Å²) in [6, 6.07) is 5.92. The normalized spacial score (nSPS) is 16.2. The van der Waals surface area contributed by atoms with E-state index in [9.17, 15) is 13.2 Å². The highest BCUT2D eigenvalue weighted by Crippen LogP contribution is 2.22. The molecule has 7 heteroatoms. The molecule has 1 fully saturated rings. The monoisotopic (exact) mass is 319 g/mol. The maximum atomic E-state index is 12.4. The van der Waals surface area contributed by atoms with E-state index in [4.69, 9.17) is 0 Å². The van der Waals surface area contributed by atoms with Gasteiger partial charge in [-0.15, -0.1) is 12.4 Å². The van der Waals surface area contributed by atoms with Crippen molar-refractivity contribution in [3.63, 3.8) is 0 Å². The van der Waals surface area contributed by atoms with Gasteiger partial charge >= 0.3 is 5.97 Å². The van der Waals surface area contributed by atoms with Gasteiger partial charge in [0.25, 0.3) is 0 Å². The van der Waals surface area contributed by atoms with Gasteiger partial charge in [0.15, 0.2) is 9.84 Å². The molecular formula is C13H18ClNO4S. The zero-order valence-electron chi connectivity index (χ0n) is 11.2. The van der Waals surface area contributed by atoms with E-state index in [2.05, 4.69) is 10.1 Å². The van der Waals surface area contributed by atoms with Crippen LogP contribution in [0.3, 0.4) is 0 Å². The molecule has 112 valence electrons. The van der Waals surface area contributed by atoms with Crippen LogP contribution in [0, 0.1) is 0 Å². The number of sulfone groups is 1. The number of benzene rings is 1. The summed E-state index contributed by atoms with van der Waals surface area (Å²) in [6.45, 7) is 1.45. The number of ether oxygens (including phenoxy) is 1. The van der Waals surface area contributed by atoms with Gasteiger partial charge in [-0.25, -0.2) is 13.2 Å². The lowest BCUT2D eigenvalue weighted by atomic mass is 10.2. The van der Waals surface area contributed by atoms with Gasteiger partial charge < -0.3 is 10.1 Å². The molecule has 0 saturated carbocycles. The lowest BCUT2D eigenvalue weighted by molar-refractivity contribution is 0.0600. The minimum Gasteiger partial charge on any atom is -0.465 e. The molecule has 0 radical (unpaired) electrons. The summed E-state index contributed by atoms with van der Waals surface area (Å²) in [5.74, 6) is -0.467. The molecular weight excluding hydrogens is 302 g/mol. The molecule has 0 aromatic heterocycles. The maximum absolute atomic E-state index is 12.4. The van der Waals surface area contributed by atoms with Gasteiger partial charge in [-0.3, -0.25) is 0 Å². The van der Waals surface area contributed by atoms with Gasteiger partial charge in [0.1, 0.15) is 0 Å². The number of hydrogen-bond acceptors (Lipinski definition) is 5. The second-order valence-corrected chi connectivity index (χ2v) is 6.74. The topological polar surface area (TPSA) is 72.5 Å². The number of rotatable bonds is 3. The van der Waals surface area contributed by atoms with Crippen LogP contribution in [-0.2, 0) is 14.6 Å². The van der Waals surface area contributed by atoms with Gasteiger partial charge in [-0.1, -0.05) is 0 Å². The predicted octanol–water partition coefficient (Wildman–Crippen LogP) is 1.42. The zero-order chi connectivity index (χ0) is 13.9. The molecule has 5 nitrogen and oxygen atoms in total. The number of piperidine rings is 1. The Morgan fingerprint density at radius 3 is 2.25 bits per heavy atom. The van der Waals surface area contributed by atoms with E-state index in [-0.39, 0.29) is 22.6 Å². The average Bonchev–Trinajstić information content (AvgIpc) is 2.47. The van der Waals surface area contributed by atoms with Crippen LogP contribution in [0.25, 0.3) is 0 Å². The Morgan fingerprint density at radius 1 is 1.20 bits per heavy atom. The van der Waals surface area contributed by atoms with Crippen molar-refractivity contribution < 1.29 is 17.9 Å². The Kier molecular flexibility index (Phi) is 5.98. The summed E-state index contributed by atoms with van der Waals surface area (Å²) in [4.78, 5) is 11.6. The molecule has 1 saturated heterocycles. The van der Waals surface area contributed by atoms with E-state index in [0.29, 0.717) is 18.4 Å². The fraction of sp³-hybridized carbons (Fsp3) is 0.462. The van der Waals surface area contributed by atoms with Gasteiger partial charge in [0.05, 0.1) is 22.8 Å². The maximum Gasteiger partial charge on any atom is 0.337 e. The first-order valence-corrected chi connectivity index (χ1v) is 7.73. The van der Waals surface area contributed by atoms with Crippen LogP contribution in [0.4, 0.5) is 0 Å². The van der Waals surface area contributed by atoms with Gasteiger partial charge in [0, 0.05) is 0 Å². The number of methoxy groups -OCH3 is 1. The van der Waals surface area contributed by atoms with Crippen molar-refractivity contribution in [2.75, 3.05) is 20.2 Å². The van der Waals surface area contributed by atoms with Crippen molar-refractivity contribution in [3.8, 4) is 0 Å². The highest BCUT2D eigenvalue weighted by molar-refractivity contribution is 7.92. The van der Waals surface area contributed by atoms with Crippen molar-refractivity contribution in [2.24, 2.45) is 0 Å². The van der Waals surface area contributed by atoms with E-state index in [1.54, 1.807) is 0 Å². The van der Waals surface area contributed by atoms with Crippen LogP contribution in [0.5, 0.6) is 0 Å². The molecule has 0 bridgehead atoms. The molecule has 0 aliphatic carbocycles. The molecule has 1 heterocycles. The van der Waals surface area contributed by atoms with Crippen LogP contribution in [0.2, 0.25) is 0 Å². The Labute approximate surface area is 125 Å². The smallest absolute Gasteiger partial charge is 0.337 e. The largest absolute Gasteiger partial charge is 0.465 e. The highest BCUT2D eigenvalue weighted by Gasteiger charge is 2.28. The summed E-state index contributed by atoms with van der Waals surface area (Å²) in [5, 5.41) is 2.81. The molecule has 1 N–H and O–H groups in total. The van der Waals surface area contributed by atoms with Crippen molar-refractivity contribution in [2.45, 2.75) is 23.0 Å². The second kappa shape index (κ2) is 7.06. The van der Waals surface area contributed by atoms with Crippen LogP contribution in [0.1, 0.15) is 23.2 Å². The SMILES string of the molecule is COC(=O)c1ccc(S(=O)(=O)C2CCNCC2)cc1.Cl. The van der Waals surface area contributed by atoms with Crippen LogP contribution < -0.4 is 5.32 Å². The molecule has 1 aromatic carbocycles. The Balaban J connectivity index is 0.00000200. The molecule has 2 rings (SSSR count). The molecule has 1 aliphatic heterocycles. The van der Waals surface area contributed by atoms with E-state index in [0.717, 1.165) is 13.1 Å². The summed E-state index contributed by atoms with van der Waals surface area (Å²) in [5.41, 5.74) is 0.353. The molecule has 20 heavy (non-hydrogen) atoms. The number of halogens is 1. The number of carbonyl (C=O) groups is 1. The first-order chi connectivity index (χ1) is 9.05. The first-order valence-electron chi connectivity index (χ1n) is 6.18. The minimum atomic E-state index is -3.30. The quantitative estimate of drug-likeness (QED) is 0.853. The Bertz CT molecular complexity index is 550. The standard InChI is InChI=1S/C13H17NO4S.ClH/c1-18-13(15)10-2-4-11(5-3-10)19(16,17)12-6-8-14-9-7-12;/h2-5,12,14H,6-9H2,1H3;1H. The third-order valence-electron chi connectivity index (χ3n) is 3.33. The summed E-state index contributed by atoms with van der Waals surface area (Å²) in [7, 11) is -2.01. The lowest BCUT2D eigenvalue weighted by Crippen LogP contribution is -2.35. The lowest BCUT2D eigenvalue weighted by Gasteiger charge is -2.22. The number of carbonyl (C=O) groups excluding carboxylic acids is 1. The average molecular weight is 320 g/mol. The third kappa shape index (κ3) is 3.50. The number of esters is 1. The van der Waals surface area contributed by atoms with Crippen molar-refractivity contribution in [3.05, 3.63) is 29.8 Å². The summed E-state index contributed by atoms with van der Waals surface area (Å²) >= 11 is 0. The van der Waals surface area contributed by atoms with Gasteiger partial charge in [-0.05, 0) is 50.2 Å². The molecule has 1 aliphatic rings. The fourth-order valence-corrected chi connectivity index (χ4v) is 3.95. The fourth-order valence-electron chi connectivity index (χ4n) is 2.20. The third-order valence-corrected chi connectivity index (χ3v) is 5.61. The predicted molar refractivity (Wildman–Crippen MR) is 78.1 cm³/mol. The summed E-state index contributed by atoms with van der Waals surface area (Å²) < 4.78 is 29.4. The van der Waals surface area contributed by atoms with Gasteiger partial charge in [0.2, 0.25) is 0 Å². The van der Waals surface area contributed by atoms with Gasteiger partial charge in [-0.2, -0.15) is 0 Å². The first kappa shape index (κ1) is 16.9. The van der Waals surface area contributed by atoms with Crippen LogP contribution in [0.15, 0.2) is 29.2 Å². The van der Waals surface area contributed by atoms with Crippen molar-refractivity contribution in [1.82, 2.24) is 5.32 Å². The minimum absolute atomic E-state index is 0. The zero-order valence-corrected chi connectivity index (χ0v) is 12.8. The number of hydrogen-bond donors (Lipinski definition) is 1. The van der Waals surface area contributed by atoms with E-state index < -0.39 is 15.8 Å². The number of nitrogens with one attached hydrogen (secondary N) is 1. The highest BCUT2D eigenvalue weighted by atomic mass is 35.5. The molecule has 0 amide bonds.